The van der Waals surface area contributed by atoms with Crippen LogP contribution in [0.3, 0.4) is 0 Å². The molecule has 2 N–H and O–H groups in total. The third-order valence-corrected chi connectivity index (χ3v) is 7.26. The number of fused-ring (bicyclic) bond motifs is 3. The van der Waals surface area contributed by atoms with E-state index in [2.05, 4.69) is 25.5 Å². The molecule has 0 saturated carbocycles. The number of aromatic nitrogens is 4. The van der Waals surface area contributed by atoms with Crippen LogP contribution in [0.25, 0.3) is 22.4 Å². The van der Waals surface area contributed by atoms with Gasteiger partial charge in [0.2, 0.25) is 0 Å². The van der Waals surface area contributed by atoms with E-state index in [9.17, 15) is 5.11 Å². The molecule has 0 spiro atoms. The van der Waals surface area contributed by atoms with Gasteiger partial charge in [0.05, 0.1) is 12.8 Å². The van der Waals surface area contributed by atoms with Crippen molar-refractivity contribution in [2.24, 2.45) is 7.05 Å². The first-order valence-electron chi connectivity index (χ1n) is 12.0. The van der Waals surface area contributed by atoms with Crippen LogP contribution in [0.2, 0.25) is 0 Å². The number of phenolic OH excluding ortho intramolecular Hbond substituents is 1. The number of benzene rings is 1. The largest absolute Gasteiger partial charge is 0.507 e. The second-order valence-corrected chi connectivity index (χ2v) is 9.56. The number of hydrogen-bond acceptors (Lipinski definition) is 7. The molecule has 1 aromatic carbocycles. The van der Waals surface area contributed by atoms with Crippen LogP contribution in [0.4, 0.5) is 5.82 Å². The fourth-order valence-electron chi connectivity index (χ4n) is 5.67. The number of nitrogens with zero attached hydrogens (tertiary/aromatic N) is 5. The molecule has 2 fully saturated rings. The van der Waals surface area contributed by atoms with Gasteiger partial charge in [-0.1, -0.05) is 12.5 Å². The maximum Gasteiger partial charge on any atom is 0.194 e. The highest BCUT2D eigenvalue weighted by atomic mass is 16.5. The van der Waals surface area contributed by atoms with E-state index in [0.717, 1.165) is 48.5 Å². The van der Waals surface area contributed by atoms with E-state index in [1.807, 2.05) is 31.4 Å². The minimum absolute atomic E-state index is 0.169. The molecule has 6 rings (SSSR count). The van der Waals surface area contributed by atoms with Crippen LogP contribution in [0.5, 0.6) is 11.5 Å². The van der Waals surface area contributed by atoms with Gasteiger partial charge in [0.1, 0.15) is 11.4 Å². The van der Waals surface area contributed by atoms with Crippen LogP contribution in [-0.4, -0.2) is 56.4 Å². The maximum absolute atomic E-state index is 10.8. The first-order valence-corrected chi connectivity index (χ1v) is 12.0. The Bertz CT molecular complexity index is 1150. The van der Waals surface area contributed by atoms with Gasteiger partial charge in [0.15, 0.2) is 11.6 Å². The van der Waals surface area contributed by atoms with Crippen LogP contribution in [0.15, 0.2) is 36.7 Å². The molecule has 0 unspecified atom stereocenters. The number of rotatable bonds is 3. The Morgan fingerprint density at radius 2 is 1.91 bits per heavy atom. The summed E-state index contributed by atoms with van der Waals surface area (Å²) >= 11 is 0. The summed E-state index contributed by atoms with van der Waals surface area (Å²) in [5.41, 5.74) is 3.13. The van der Waals surface area contributed by atoms with Crippen molar-refractivity contribution >= 4 is 5.82 Å². The van der Waals surface area contributed by atoms with Gasteiger partial charge in [0, 0.05) is 55.1 Å². The summed E-state index contributed by atoms with van der Waals surface area (Å²) in [7, 11) is 1.88. The topological polar surface area (TPSA) is 88.3 Å². The lowest BCUT2D eigenvalue weighted by Crippen LogP contribution is -2.55. The summed E-state index contributed by atoms with van der Waals surface area (Å²) in [6.45, 7) is 1.61. The summed E-state index contributed by atoms with van der Waals surface area (Å²) in [6, 6.07) is 9.23. The van der Waals surface area contributed by atoms with Crippen LogP contribution in [0, 0.1) is 0 Å². The van der Waals surface area contributed by atoms with Crippen molar-refractivity contribution in [2.45, 2.75) is 56.7 Å². The Balaban J connectivity index is 1.30. The first-order chi connectivity index (χ1) is 16.1. The fraction of sp³-hybridized carbons (Fsp3) is 0.480. The molecule has 0 radical (unpaired) electrons. The smallest absolute Gasteiger partial charge is 0.194 e. The van der Waals surface area contributed by atoms with Crippen LogP contribution < -0.4 is 15.0 Å². The molecule has 3 aliphatic rings. The number of hydrogen-bond donors (Lipinski definition) is 2. The van der Waals surface area contributed by atoms with E-state index in [0.29, 0.717) is 36.0 Å². The van der Waals surface area contributed by atoms with Gasteiger partial charge in [-0.25, -0.2) is 0 Å². The van der Waals surface area contributed by atoms with E-state index >= 15 is 0 Å². The minimum Gasteiger partial charge on any atom is -0.507 e. The van der Waals surface area contributed by atoms with Crippen molar-refractivity contribution in [3.63, 3.8) is 0 Å². The predicted molar refractivity (Wildman–Crippen MR) is 126 cm³/mol. The number of piperidine rings is 2. The first kappa shape index (κ1) is 20.5. The van der Waals surface area contributed by atoms with Crippen molar-refractivity contribution in [2.75, 3.05) is 18.1 Å². The highest BCUT2D eigenvalue weighted by Crippen LogP contribution is 2.39. The molecule has 3 aromatic rings. The summed E-state index contributed by atoms with van der Waals surface area (Å²) in [5.74, 6) is 1.77. The summed E-state index contributed by atoms with van der Waals surface area (Å²) in [4.78, 5) is 2.43. The van der Waals surface area contributed by atoms with Crippen molar-refractivity contribution in [3.05, 3.63) is 36.7 Å². The Labute approximate surface area is 193 Å². The monoisotopic (exact) mass is 446 g/mol. The Hall–Kier alpha value is -3.13. The van der Waals surface area contributed by atoms with Crippen molar-refractivity contribution < 1.29 is 9.84 Å². The standard InChI is InChI=1S/C25H30N6O2/c1-30-15-17(14-26-30)16-6-7-21(23(32)10-16)22-13-24-25(29-28-22)31(8-3-9-33-24)20-11-18-4-2-5-19(12-20)27-18/h6-7,10,13-15,18-20,27,32H,2-5,8-9,11-12H2,1H3/t18-,19+,20-. The molecule has 2 bridgehead atoms. The average Bonchev–Trinajstić information content (AvgIpc) is 3.14. The molecule has 8 nitrogen and oxygen atoms in total. The molecule has 5 heterocycles. The number of aryl methyl sites for hydroxylation is 1. The highest BCUT2D eigenvalue weighted by Gasteiger charge is 2.36. The lowest BCUT2D eigenvalue weighted by Gasteiger charge is -2.44. The molecule has 33 heavy (non-hydrogen) atoms. The molecule has 2 saturated heterocycles. The van der Waals surface area contributed by atoms with Crippen LogP contribution in [0.1, 0.15) is 38.5 Å². The Kier molecular flexibility index (Phi) is 5.17. The van der Waals surface area contributed by atoms with Crippen molar-refractivity contribution in [1.82, 2.24) is 25.3 Å². The van der Waals surface area contributed by atoms with Crippen molar-refractivity contribution in [3.8, 4) is 33.9 Å². The molecule has 3 atom stereocenters. The molecular weight excluding hydrogens is 416 g/mol. The third kappa shape index (κ3) is 3.93. The van der Waals surface area contributed by atoms with Gasteiger partial charge in [0.25, 0.3) is 0 Å². The lowest BCUT2D eigenvalue weighted by atomic mass is 9.83. The molecule has 0 aliphatic carbocycles. The van der Waals surface area contributed by atoms with E-state index in [-0.39, 0.29) is 5.75 Å². The Morgan fingerprint density at radius 3 is 2.67 bits per heavy atom. The number of phenols is 1. The molecule has 2 aromatic heterocycles. The number of aromatic hydroxyl groups is 1. The number of nitrogens with one attached hydrogen (secondary N) is 1. The normalized spacial score (nSPS) is 24.6. The van der Waals surface area contributed by atoms with Gasteiger partial charge in [-0.3, -0.25) is 4.68 Å². The van der Waals surface area contributed by atoms with Crippen LogP contribution >= 0.6 is 0 Å². The highest BCUT2D eigenvalue weighted by molar-refractivity contribution is 5.75. The molecule has 172 valence electrons. The minimum atomic E-state index is 0.169. The zero-order valence-electron chi connectivity index (χ0n) is 18.9. The van der Waals surface area contributed by atoms with E-state index in [1.54, 1.807) is 16.9 Å². The van der Waals surface area contributed by atoms with E-state index < -0.39 is 0 Å². The van der Waals surface area contributed by atoms with E-state index in [4.69, 9.17) is 4.74 Å². The summed E-state index contributed by atoms with van der Waals surface area (Å²) in [6.07, 6.45) is 10.8. The maximum atomic E-state index is 10.8. The second kappa shape index (κ2) is 8.33. The summed E-state index contributed by atoms with van der Waals surface area (Å²) in [5, 5.41) is 27.9. The fourth-order valence-corrected chi connectivity index (χ4v) is 5.67. The van der Waals surface area contributed by atoms with Gasteiger partial charge >= 0.3 is 0 Å². The lowest BCUT2D eigenvalue weighted by molar-refractivity contribution is 0.216. The zero-order chi connectivity index (χ0) is 22.4. The molecular formula is C25H30N6O2. The number of anilines is 1. The second-order valence-electron chi connectivity index (χ2n) is 9.56. The third-order valence-electron chi connectivity index (χ3n) is 7.26. The quantitative estimate of drug-likeness (QED) is 0.636. The van der Waals surface area contributed by atoms with Gasteiger partial charge in [-0.15, -0.1) is 10.2 Å². The molecule has 0 amide bonds. The van der Waals surface area contributed by atoms with Crippen LogP contribution in [-0.2, 0) is 7.05 Å². The molecule has 8 heteroatoms. The van der Waals surface area contributed by atoms with Gasteiger partial charge in [-0.2, -0.15) is 5.10 Å². The zero-order valence-corrected chi connectivity index (χ0v) is 18.9. The number of ether oxygens (including phenoxy) is 1. The Morgan fingerprint density at radius 1 is 1.06 bits per heavy atom. The summed E-state index contributed by atoms with van der Waals surface area (Å²) < 4.78 is 7.86. The van der Waals surface area contributed by atoms with Gasteiger partial charge < -0.3 is 20.1 Å². The SMILES string of the molecule is Cn1cc(-c2ccc(-c3cc4c(nn3)N([C@@H]3C[C@H]5CCC[C@@H](C3)N5)CCCO4)c(O)c2)cn1. The van der Waals surface area contributed by atoms with E-state index in [1.165, 1.54) is 19.3 Å². The van der Waals surface area contributed by atoms with Crippen molar-refractivity contribution in [1.29, 1.82) is 0 Å². The predicted octanol–water partition coefficient (Wildman–Crippen LogP) is 3.51. The van der Waals surface area contributed by atoms with Gasteiger partial charge in [-0.05, 0) is 49.8 Å². The molecule has 3 aliphatic heterocycles. The average molecular weight is 447 g/mol.